The van der Waals surface area contributed by atoms with Gasteiger partial charge in [-0.2, -0.15) is 0 Å². The van der Waals surface area contributed by atoms with Crippen LogP contribution in [-0.2, 0) is 0 Å². The molecule has 1 aromatic carbocycles. The van der Waals surface area contributed by atoms with Gasteiger partial charge in [0.2, 0.25) is 0 Å². The van der Waals surface area contributed by atoms with Crippen molar-refractivity contribution >= 4 is 23.7 Å². The van der Waals surface area contributed by atoms with E-state index in [1.54, 1.807) is 24.3 Å². The standard InChI is InChI=1S/C16H14N4O4/c1-9(18-16(24)19-13-12(21)7-4-8-17-13)20-14(22)10-5-2-3-6-11(10)15(20)23/h2-9,21H,1H3,(H2,17,18,19,24). The average molecular weight is 326 g/mol. The molecular weight excluding hydrogens is 312 g/mol. The summed E-state index contributed by atoms with van der Waals surface area (Å²) in [6, 6.07) is 8.65. The highest BCUT2D eigenvalue weighted by Crippen LogP contribution is 2.24. The summed E-state index contributed by atoms with van der Waals surface area (Å²) in [5.74, 6) is -1.15. The third-order valence-corrected chi connectivity index (χ3v) is 3.57. The zero-order valence-corrected chi connectivity index (χ0v) is 12.7. The molecule has 3 rings (SSSR count). The predicted molar refractivity (Wildman–Crippen MR) is 84.5 cm³/mol. The molecule has 24 heavy (non-hydrogen) atoms. The van der Waals surface area contributed by atoms with Crippen LogP contribution in [-0.4, -0.2) is 39.0 Å². The van der Waals surface area contributed by atoms with Crippen molar-refractivity contribution in [3.8, 4) is 5.75 Å². The molecule has 0 saturated carbocycles. The van der Waals surface area contributed by atoms with E-state index < -0.39 is 24.0 Å². The molecule has 0 saturated heterocycles. The number of hydrogen-bond acceptors (Lipinski definition) is 5. The van der Waals surface area contributed by atoms with Crippen molar-refractivity contribution in [1.29, 1.82) is 0 Å². The van der Waals surface area contributed by atoms with E-state index in [4.69, 9.17) is 0 Å². The number of amides is 4. The lowest BCUT2D eigenvalue weighted by Crippen LogP contribution is -2.50. The number of imide groups is 1. The van der Waals surface area contributed by atoms with E-state index >= 15 is 0 Å². The summed E-state index contributed by atoms with van der Waals surface area (Å²) in [7, 11) is 0. The van der Waals surface area contributed by atoms with Crippen LogP contribution in [0.4, 0.5) is 10.6 Å². The molecule has 2 heterocycles. The minimum atomic E-state index is -0.872. The summed E-state index contributed by atoms with van der Waals surface area (Å²) in [6.07, 6.45) is 0.534. The van der Waals surface area contributed by atoms with Crippen LogP contribution in [0.15, 0.2) is 42.6 Å². The molecule has 8 heteroatoms. The molecule has 8 nitrogen and oxygen atoms in total. The van der Waals surface area contributed by atoms with Crippen molar-refractivity contribution in [3.63, 3.8) is 0 Å². The molecule has 0 fully saturated rings. The number of fused-ring (bicyclic) bond motifs is 1. The third kappa shape index (κ3) is 2.65. The van der Waals surface area contributed by atoms with Crippen LogP contribution >= 0.6 is 0 Å². The molecule has 3 N–H and O–H groups in total. The van der Waals surface area contributed by atoms with Crippen molar-refractivity contribution in [2.24, 2.45) is 0 Å². The van der Waals surface area contributed by atoms with E-state index in [-0.39, 0.29) is 11.6 Å². The first-order valence-corrected chi connectivity index (χ1v) is 7.17. The Bertz CT molecular complexity index is 801. The van der Waals surface area contributed by atoms with Crippen molar-refractivity contribution in [1.82, 2.24) is 15.2 Å². The highest BCUT2D eigenvalue weighted by atomic mass is 16.3. The van der Waals surface area contributed by atoms with Crippen LogP contribution in [0, 0.1) is 0 Å². The summed E-state index contributed by atoms with van der Waals surface area (Å²) >= 11 is 0. The number of hydrogen-bond donors (Lipinski definition) is 3. The molecule has 1 aliphatic rings. The Morgan fingerprint density at radius 2 is 1.75 bits per heavy atom. The van der Waals surface area contributed by atoms with Gasteiger partial charge >= 0.3 is 6.03 Å². The number of rotatable bonds is 3. The summed E-state index contributed by atoms with van der Waals surface area (Å²) in [6.45, 7) is 1.51. The molecule has 0 bridgehead atoms. The fraction of sp³-hybridized carbons (Fsp3) is 0.125. The van der Waals surface area contributed by atoms with Gasteiger partial charge in [-0.1, -0.05) is 12.1 Å². The van der Waals surface area contributed by atoms with E-state index in [0.717, 1.165) is 4.90 Å². The first kappa shape index (κ1) is 15.5. The smallest absolute Gasteiger partial charge is 0.322 e. The second kappa shape index (κ2) is 5.99. The number of aromatic hydroxyl groups is 1. The fourth-order valence-electron chi connectivity index (χ4n) is 2.45. The maximum absolute atomic E-state index is 12.3. The number of carbonyl (C=O) groups excluding carboxylic acids is 3. The zero-order valence-electron chi connectivity index (χ0n) is 12.7. The molecule has 0 spiro atoms. The summed E-state index contributed by atoms with van der Waals surface area (Å²) in [4.78, 5) is 41.4. The molecular formula is C16H14N4O4. The van der Waals surface area contributed by atoms with Gasteiger partial charge < -0.3 is 10.4 Å². The number of carbonyl (C=O) groups is 3. The van der Waals surface area contributed by atoms with Crippen molar-refractivity contribution in [3.05, 3.63) is 53.7 Å². The number of urea groups is 1. The van der Waals surface area contributed by atoms with Gasteiger partial charge in [-0.15, -0.1) is 0 Å². The predicted octanol–water partition coefficient (Wildman–Crippen LogP) is 1.55. The monoisotopic (exact) mass is 326 g/mol. The molecule has 0 aliphatic carbocycles. The van der Waals surface area contributed by atoms with Crippen LogP contribution in [0.2, 0.25) is 0 Å². The van der Waals surface area contributed by atoms with E-state index in [0.29, 0.717) is 11.1 Å². The minimum absolute atomic E-state index is 0.0236. The third-order valence-electron chi connectivity index (χ3n) is 3.57. The van der Waals surface area contributed by atoms with E-state index in [2.05, 4.69) is 15.6 Å². The van der Waals surface area contributed by atoms with E-state index in [1.807, 2.05) is 0 Å². The highest BCUT2D eigenvalue weighted by Gasteiger charge is 2.38. The second-order valence-corrected chi connectivity index (χ2v) is 5.17. The lowest BCUT2D eigenvalue weighted by molar-refractivity contribution is 0.0581. The van der Waals surface area contributed by atoms with Gasteiger partial charge in [-0.25, -0.2) is 9.78 Å². The zero-order chi connectivity index (χ0) is 17.3. The molecule has 1 aliphatic heterocycles. The van der Waals surface area contributed by atoms with Gasteiger partial charge in [0.15, 0.2) is 11.6 Å². The number of anilines is 1. The Balaban J connectivity index is 1.71. The minimum Gasteiger partial charge on any atom is -0.504 e. The SMILES string of the molecule is CC(NC(=O)Nc1ncccc1O)N1C(=O)c2ccccc2C1=O. The van der Waals surface area contributed by atoms with Gasteiger partial charge in [0.05, 0.1) is 11.1 Å². The van der Waals surface area contributed by atoms with Crippen molar-refractivity contribution < 1.29 is 19.5 Å². The Hall–Kier alpha value is -3.42. The van der Waals surface area contributed by atoms with Gasteiger partial charge in [0.25, 0.3) is 11.8 Å². The average Bonchev–Trinajstić information content (AvgIpc) is 2.81. The molecule has 4 amide bonds. The molecule has 2 aromatic rings. The first-order valence-electron chi connectivity index (χ1n) is 7.17. The van der Waals surface area contributed by atoms with Crippen LogP contribution in [0.5, 0.6) is 5.75 Å². The van der Waals surface area contributed by atoms with Crippen LogP contribution in [0.1, 0.15) is 27.6 Å². The van der Waals surface area contributed by atoms with Crippen molar-refractivity contribution in [2.75, 3.05) is 5.32 Å². The van der Waals surface area contributed by atoms with E-state index in [1.165, 1.54) is 25.3 Å². The van der Waals surface area contributed by atoms with Crippen LogP contribution in [0.25, 0.3) is 0 Å². The van der Waals surface area contributed by atoms with Gasteiger partial charge in [-0.3, -0.25) is 19.8 Å². The Labute approximate surface area is 137 Å². The number of nitrogens with one attached hydrogen (secondary N) is 2. The Morgan fingerprint density at radius 1 is 1.12 bits per heavy atom. The molecule has 1 unspecified atom stereocenters. The van der Waals surface area contributed by atoms with Gasteiger partial charge in [0.1, 0.15) is 6.17 Å². The number of benzene rings is 1. The van der Waals surface area contributed by atoms with Crippen molar-refractivity contribution in [2.45, 2.75) is 13.1 Å². The highest BCUT2D eigenvalue weighted by molar-refractivity contribution is 6.21. The molecule has 1 aromatic heterocycles. The Morgan fingerprint density at radius 3 is 2.33 bits per heavy atom. The Kier molecular flexibility index (Phi) is 3.87. The molecule has 1 atom stereocenters. The first-order chi connectivity index (χ1) is 11.5. The normalized spacial score (nSPS) is 14.3. The summed E-state index contributed by atoms with van der Waals surface area (Å²) in [5, 5.41) is 14.4. The van der Waals surface area contributed by atoms with Crippen LogP contribution in [0.3, 0.4) is 0 Å². The van der Waals surface area contributed by atoms with Gasteiger partial charge in [0, 0.05) is 6.20 Å². The maximum atomic E-state index is 12.3. The van der Waals surface area contributed by atoms with Crippen LogP contribution < -0.4 is 10.6 Å². The summed E-state index contributed by atoms with van der Waals surface area (Å²) in [5.41, 5.74) is 0.609. The fourth-order valence-corrected chi connectivity index (χ4v) is 2.45. The molecule has 122 valence electrons. The lowest BCUT2D eigenvalue weighted by atomic mass is 10.1. The van der Waals surface area contributed by atoms with E-state index in [9.17, 15) is 19.5 Å². The maximum Gasteiger partial charge on any atom is 0.322 e. The number of aromatic nitrogens is 1. The summed E-state index contributed by atoms with van der Waals surface area (Å²) < 4.78 is 0. The topological polar surface area (TPSA) is 112 Å². The largest absolute Gasteiger partial charge is 0.504 e. The van der Waals surface area contributed by atoms with Gasteiger partial charge in [-0.05, 0) is 31.2 Å². The number of pyridine rings is 1. The second-order valence-electron chi connectivity index (χ2n) is 5.17. The molecule has 0 radical (unpaired) electrons. The quantitative estimate of drug-likeness (QED) is 0.741. The lowest BCUT2D eigenvalue weighted by Gasteiger charge is -2.23. The number of nitrogens with zero attached hydrogens (tertiary/aromatic N) is 2.